The van der Waals surface area contributed by atoms with Crippen molar-refractivity contribution in [1.29, 1.82) is 5.26 Å². The van der Waals surface area contributed by atoms with Crippen LogP contribution in [0.2, 0.25) is 5.02 Å². The quantitative estimate of drug-likeness (QED) is 0.844. The molecule has 24 heavy (non-hydrogen) atoms. The molecule has 2 rings (SSSR count). The first kappa shape index (κ1) is 17.4. The van der Waals surface area contributed by atoms with Gasteiger partial charge in [-0.2, -0.15) is 5.26 Å². The van der Waals surface area contributed by atoms with E-state index in [-0.39, 0.29) is 17.7 Å². The SMILES string of the molecule is N#Cc1ccc(Cl)cc1NC(=O)COC(=O)Cc1ccc(F)cc1. The molecule has 0 aliphatic carbocycles. The third kappa shape index (κ3) is 5.07. The van der Waals surface area contributed by atoms with Gasteiger partial charge in [0.2, 0.25) is 0 Å². The average molecular weight is 347 g/mol. The van der Waals surface area contributed by atoms with Gasteiger partial charge in [-0.15, -0.1) is 0 Å². The number of nitrogens with zero attached hydrogens (tertiary/aromatic N) is 1. The Morgan fingerprint density at radius 3 is 2.58 bits per heavy atom. The van der Waals surface area contributed by atoms with Crippen LogP contribution in [-0.2, 0) is 20.7 Å². The fourth-order valence-corrected chi connectivity index (χ4v) is 2.04. The Morgan fingerprint density at radius 2 is 1.92 bits per heavy atom. The molecule has 0 aromatic heterocycles. The van der Waals surface area contributed by atoms with E-state index < -0.39 is 24.3 Å². The molecule has 0 saturated carbocycles. The Morgan fingerprint density at radius 1 is 1.21 bits per heavy atom. The van der Waals surface area contributed by atoms with Crippen molar-refractivity contribution in [3.63, 3.8) is 0 Å². The second kappa shape index (κ2) is 8.09. The van der Waals surface area contributed by atoms with E-state index in [0.717, 1.165) is 0 Å². The first-order chi connectivity index (χ1) is 11.5. The summed E-state index contributed by atoms with van der Waals surface area (Å²) >= 11 is 5.81. The molecule has 0 spiro atoms. The smallest absolute Gasteiger partial charge is 0.310 e. The van der Waals surface area contributed by atoms with Crippen LogP contribution in [0.5, 0.6) is 0 Å². The van der Waals surface area contributed by atoms with Crippen LogP contribution < -0.4 is 5.32 Å². The molecule has 5 nitrogen and oxygen atoms in total. The maximum atomic E-state index is 12.8. The van der Waals surface area contributed by atoms with Crippen LogP contribution in [0, 0.1) is 17.1 Å². The van der Waals surface area contributed by atoms with Gasteiger partial charge in [-0.05, 0) is 35.9 Å². The van der Waals surface area contributed by atoms with Gasteiger partial charge in [0.15, 0.2) is 6.61 Å². The molecule has 0 heterocycles. The Balaban J connectivity index is 1.87. The molecule has 0 aliphatic heterocycles. The number of amides is 1. The van der Waals surface area contributed by atoms with Crippen LogP contribution in [0.3, 0.4) is 0 Å². The molecule has 0 bridgehead atoms. The van der Waals surface area contributed by atoms with E-state index in [9.17, 15) is 14.0 Å². The summed E-state index contributed by atoms with van der Waals surface area (Å²) in [4.78, 5) is 23.5. The summed E-state index contributed by atoms with van der Waals surface area (Å²) in [6.07, 6.45) is -0.0752. The zero-order valence-electron chi connectivity index (χ0n) is 12.4. The maximum absolute atomic E-state index is 12.8. The molecular weight excluding hydrogens is 335 g/mol. The number of carbonyl (C=O) groups is 2. The molecule has 0 radical (unpaired) electrons. The minimum Gasteiger partial charge on any atom is -0.455 e. The zero-order valence-corrected chi connectivity index (χ0v) is 13.1. The van der Waals surface area contributed by atoms with Gasteiger partial charge in [0.1, 0.15) is 11.9 Å². The minimum atomic E-state index is -0.622. The first-order valence-electron chi connectivity index (χ1n) is 6.87. The van der Waals surface area contributed by atoms with E-state index in [1.165, 1.54) is 42.5 Å². The van der Waals surface area contributed by atoms with Gasteiger partial charge in [-0.1, -0.05) is 23.7 Å². The standard InChI is InChI=1S/C17H12ClFN2O3/c18-13-4-3-12(9-20)15(8-13)21-16(22)10-24-17(23)7-11-1-5-14(19)6-2-11/h1-6,8H,7,10H2,(H,21,22). The molecule has 0 saturated heterocycles. The van der Waals surface area contributed by atoms with Crippen LogP contribution in [0.15, 0.2) is 42.5 Å². The number of hydrogen-bond donors (Lipinski definition) is 1. The van der Waals surface area contributed by atoms with Crippen molar-refractivity contribution in [3.8, 4) is 6.07 Å². The van der Waals surface area contributed by atoms with Gasteiger partial charge in [0.25, 0.3) is 5.91 Å². The number of halogens is 2. The number of rotatable bonds is 5. The Kier molecular flexibility index (Phi) is 5.88. The van der Waals surface area contributed by atoms with Crippen LogP contribution in [0.1, 0.15) is 11.1 Å². The molecule has 0 fully saturated rings. The molecule has 0 unspecified atom stereocenters. The van der Waals surface area contributed by atoms with Crippen LogP contribution in [0.4, 0.5) is 10.1 Å². The van der Waals surface area contributed by atoms with Gasteiger partial charge in [-0.25, -0.2) is 4.39 Å². The molecule has 122 valence electrons. The summed E-state index contributed by atoms with van der Waals surface area (Å²) in [5.74, 6) is -1.62. The fraction of sp³-hybridized carbons (Fsp3) is 0.118. The van der Waals surface area contributed by atoms with Crippen LogP contribution in [-0.4, -0.2) is 18.5 Å². The number of hydrogen-bond acceptors (Lipinski definition) is 4. The topological polar surface area (TPSA) is 79.2 Å². The summed E-state index contributed by atoms with van der Waals surface area (Å²) < 4.78 is 17.6. The number of anilines is 1. The van der Waals surface area contributed by atoms with Gasteiger partial charge in [0.05, 0.1) is 17.7 Å². The second-order valence-corrected chi connectivity index (χ2v) is 5.25. The van der Waals surface area contributed by atoms with E-state index in [1.54, 1.807) is 0 Å². The maximum Gasteiger partial charge on any atom is 0.310 e. The number of ether oxygens (including phenoxy) is 1. The van der Waals surface area contributed by atoms with Crippen molar-refractivity contribution >= 4 is 29.2 Å². The lowest BCUT2D eigenvalue weighted by atomic mass is 10.1. The second-order valence-electron chi connectivity index (χ2n) is 4.81. The van der Waals surface area contributed by atoms with Crippen molar-refractivity contribution in [2.24, 2.45) is 0 Å². The van der Waals surface area contributed by atoms with E-state index in [1.807, 2.05) is 6.07 Å². The fourth-order valence-electron chi connectivity index (χ4n) is 1.87. The molecule has 1 N–H and O–H groups in total. The van der Waals surface area contributed by atoms with Gasteiger partial charge >= 0.3 is 5.97 Å². The summed E-state index contributed by atoms with van der Waals surface area (Å²) in [7, 11) is 0. The Hall–Kier alpha value is -2.91. The molecule has 7 heteroatoms. The van der Waals surface area contributed by atoms with Gasteiger partial charge in [-0.3, -0.25) is 9.59 Å². The van der Waals surface area contributed by atoms with Gasteiger partial charge in [0, 0.05) is 5.02 Å². The number of benzene rings is 2. The van der Waals surface area contributed by atoms with Crippen molar-refractivity contribution < 1.29 is 18.7 Å². The summed E-state index contributed by atoms with van der Waals surface area (Å²) in [6, 6.07) is 11.7. The number of nitriles is 1. The highest BCUT2D eigenvalue weighted by Gasteiger charge is 2.11. The molecule has 0 aliphatic rings. The normalized spacial score (nSPS) is 9.88. The predicted molar refractivity (Wildman–Crippen MR) is 85.9 cm³/mol. The highest BCUT2D eigenvalue weighted by molar-refractivity contribution is 6.31. The highest BCUT2D eigenvalue weighted by atomic mass is 35.5. The van der Waals surface area contributed by atoms with Crippen LogP contribution >= 0.6 is 11.6 Å². The summed E-state index contributed by atoms with van der Waals surface area (Å²) in [5, 5.41) is 11.8. The molecule has 2 aromatic rings. The van der Waals surface area contributed by atoms with Crippen molar-refractivity contribution in [2.75, 3.05) is 11.9 Å². The van der Waals surface area contributed by atoms with Crippen molar-refractivity contribution in [3.05, 3.63) is 64.4 Å². The number of nitrogens with one attached hydrogen (secondary N) is 1. The van der Waals surface area contributed by atoms with Crippen molar-refractivity contribution in [1.82, 2.24) is 0 Å². The van der Waals surface area contributed by atoms with Crippen LogP contribution in [0.25, 0.3) is 0 Å². The van der Waals surface area contributed by atoms with Crippen molar-refractivity contribution in [2.45, 2.75) is 6.42 Å². The Bertz CT molecular complexity index is 800. The predicted octanol–water partition coefficient (Wildman–Crippen LogP) is 3.08. The average Bonchev–Trinajstić information content (AvgIpc) is 2.55. The lowest BCUT2D eigenvalue weighted by Gasteiger charge is -2.08. The van der Waals surface area contributed by atoms with E-state index in [4.69, 9.17) is 21.6 Å². The Labute approximate surface area is 142 Å². The van der Waals surface area contributed by atoms with E-state index in [2.05, 4.69) is 5.32 Å². The van der Waals surface area contributed by atoms with Gasteiger partial charge < -0.3 is 10.1 Å². The summed E-state index contributed by atoms with van der Waals surface area (Å²) in [6.45, 7) is -0.503. The van der Waals surface area contributed by atoms with E-state index in [0.29, 0.717) is 10.6 Å². The molecular formula is C17H12ClFN2O3. The number of esters is 1. The number of carbonyl (C=O) groups excluding carboxylic acids is 2. The third-order valence-corrected chi connectivity index (χ3v) is 3.24. The minimum absolute atomic E-state index is 0.0752. The molecule has 1 amide bonds. The lowest BCUT2D eigenvalue weighted by molar-refractivity contribution is -0.146. The monoisotopic (exact) mass is 346 g/mol. The highest BCUT2D eigenvalue weighted by Crippen LogP contribution is 2.20. The van der Waals surface area contributed by atoms with E-state index >= 15 is 0 Å². The lowest BCUT2D eigenvalue weighted by Crippen LogP contribution is -2.22. The molecule has 2 aromatic carbocycles. The third-order valence-electron chi connectivity index (χ3n) is 3.00. The summed E-state index contributed by atoms with van der Waals surface area (Å²) in [5.41, 5.74) is 1.05. The largest absolute Gasteiger partial charge is 0.455 e. The zero-order chi connectivity index (χ0) is 17.5. The molecule has 0 atom stereocenters. The first-order valence-corrected chi connectivity index (χ1v) is 7.25.